The van der Waals surface area contributed by atoms with Crippen LogP contribution in [-0.2, 0) is 4.79 Å². The van der Waals surface area contributed by atoms with Crippen molar-refractivity contribution in [1.29, 1.82) is 0 Å². The largest absolute Gasteiger partial charge is 0.493 e. The van der Waals surface area contributed by atoms with Crippen molar-refractivity contribution in [1.82, 2.24) is 5.32 Å². The van der Waals surface area contributed by atoms with Crippen molar-refractivity contribution in [3.63, 3.8) is 0 Å². The Morgan fingerprint density at radius 2 is 2.00 bits per heavy atom. The van der Waals surface area contributed by atoms with Crippen LogP contribution in [-0.4, -0.2) is 24.4 Å². The van der Waals surface area contributed by atoms with Crippen molar-refractivity contribution in [2.75, 3.05) is 12.5 Å². The van der Waals surface area contributed by atoms with Crippen LogP contribution in [0, 0.1) is 5.92 Å². The molecule has 1 N–H and O–H groups in total. The highest BCUT2D eigenvalue weighted by Gasteiger charge is 2.14. The van der Waals surface area contributed by atoms with Gasteiger partial charge in [0, 0.05) is 11.9 Å². The molecular formula is C14H20ClNO2. The van der Waals surface area contributed by atoms with Crippen molar-refractivity contribution in [3.8, 4) is 5.75 Å². The number of rotatable bonds is 7. The fourth-order valence-corrected chi connectivity index (χ4v) is 1.87. The molecular weight excluding hydrogens is 250 g/mol. The zero-order valence-electron chi connectivity index (χ0n) is 10.9. The van der Waals surface area contributed by atoms with E-state index in [1.807, 2.05) is 44.2 Å². The van der Waals surface area contributed by atoms with Gasteiger partial charge in [-0.1, -0.05) is 32.0 Å². The summed E-state index contributed by atoms with van der Waals surface area (Å²) in [5.41, 5.74) is 0. The Labute approximate surface area is 113 Å². The minimum atomic E-state index is -0.0229. The van der Waals surface area contributed by atoms with Gasteiger partial charge in [-0.2, -0.15) is 0 Å². The van der Waals surface area contributed by atoms with Gasteiger partial charge in [-0.05, 0) is 18.1 Å². The summed E-state index contributed by atoms with van der Waals surface area (Å²) < 4.78 is 5.46. The topological polar surface area (TPSA) is 38.3 Å². The second-order valence-electron chi connectivity index (χ2n) is 4.48. The van der Waals surface area contributed by atoms with Crippen LogP contribution in [0.3, 0.4) is 0 Å². The summed E-state index contributed by atoms with van der Waals surface area (Å²) in [5, 5.41) is 2.90. The summed E-state index contributed by atoms with van der Waals surface area (Å²) in [4.78, 5) is 11.7. The molecule has 0 saturated carbocycles. The molecule has 1 rings (SSSR count). The molecule has 0 saturated heterocycles. The molecule has 0 fully saturated rings. The summed E-state index contributed by atoms with van der Waals surface area (Å²) in [6.45, 7) is 4.45. The van der Waals surface area contributed by atoms with E-state index in [-0.39, 0.29) is 11.9 Å². The predicted octanol–water partition coefficient (Wildman–Crippen LogP) is 2.84. The SMILES string of the molecule is CC(C)C(CCl)NC(=O)CCOc1ccccc1. The molecule has 0 aliphatic carbocycles. The molecule has 0 bridgehead atoms. The van der Waals surface area contributed by atoms with E-state index in [1.54, 1.807) is 0 Å². The zero-order chi connectivity index (χ0) is 13.4. The molecule has 1 atom stereocenters. The molecule has 1 amide bonds. The minimum absolute atomic E-state index is 0.0229. The van der Waals surface area contributed by atoms with Crippen LogP contribution in [0.25, 0.3) is 0 Å². The smallest absolute Gasteiger partial charge is 0.223 e. The van der Waals surface area contributed by atoms with Crippen LogP contribution in [0.2, 0.25) is 0 Å². The minimum Gasteiger partial charge on any atom is -0.493 e. The Kier molecular flexibility index (Phi) is 6.58. The number of halogens is 1. The van der Waals surface area contributed by atoms with Gasteiger partial charge < -0.3 is 10.1 Å². The average molecular weight is 270 g/mol. The third-order valence-corrected chi connectivity index (χ3v) is 2.99. The van der Waals surface area contributed by atoms with Crippen LogP contribution >= 0.6 is 11.6 Å². The first-order valence-corrected chi connectivity index (χ1v) is 6.70. The summed E-state index contributed by atoms with van der Waals surface area (Å²) in [6, 6.07) is 9.49. The predicted molar refractivity (Wildman–Crippen MR) is 74.0 cm³/mol. The van der Waals surface area contributed by atoms with Crippen LogP contribution in [0.1, 0.15) is 20.3 Å². The molecule has 18 heavy (non-hydrogen) atoms. The van der Waals surface area contributed by atoms with Gasteiger partial charge >= 0.3 is 0 Å². The Morgan fingerprint density at radius 1 is 1.33 bits per heavy atom. The lowest BCUT2D eigenvalue weighted by molar-refractivity contribution is -0.122. The van der Waals surface area contributed by atoms with Crippen molar-refractivity contribution in [3.05, 3.63) is 30.3 Å². The number of para-hydroxylation sites is 1. The maximum Gasteiger partial charge on any atom is 0.223 e. The van der Waals surface area contributed by atoms with Crippen LogP contribution in [0.4, 0.5) is 0 Å². The number of nitrogens with one attached hydrogen (secondary N) is 1. The van der Waals surface area contributed by atoms with Gasteiger partial charge in [-0.3, -0.25) is 4.79 Å². The van der Waals surface area contributed by atoms with Gasteiger partial charge in [-0.15, -0.1) is 11.6 Å². The van der Waals surface area contributed by atoms with Gasteiger partial charge in [-0.25, -0.2) is 0 Å². The molecule has 0 heterocycles. The van der Waals surface area contributed by atoms with E-state index in [9.17, 15) is 4.79 Å². The molecule has 1 unspecified atom stereocenters. The third-order valence-electron chi connectivity index (χ3n) is 2.66. The molecule has 1 aromatic carbocycles. The Bertz CT molecular complexity index is 354. The van der Waals surface area contributed by atoms with E-state index in [2.05, 4.69) is 5.32 Å². The normalized spacial score (nSPS) is 12.2. The first-order valence-electron chi connectivity index (χ1n) is 6.16. The van der Waals surface area contributed by atoms with Crippen molar-refractivity contribution in [2.45, 2.75) is 26.3 Å². The van der Waals surface area contributed by atoms with E-state index >= 15 is 0 Å². The highest BCUT2D eigenvalue weighted by Crippen LogP contribution is 2.08. The van der Waals surface area contributed by atoms with E-state index in [1.165, 1.54) is 0 Å². The molecule has 0 aliphatic heterocycles. The quantitative estimate of drug-likeness (QED) is 0.773. The third kappa shape index (κ3) is 5.41. The van der Waals surface area contributed by atoms with E-state index < -0.39 is 0 Å². The summed E-state index contributed by atoms with van der Waals surface area (Å²) in [6.07, 6.45) is 0.342. The maximum absolute atomic E-state index is 11.7. The molecule has 0 spiro atoms. The number of ether oxygens (including phenoxy) is 1. The number of amides is 1. The second kappa shape index (κ2) is 7.98. The fraction of sp³-hybridized carbons (Fsp3) is 0.500. The van der Waals surface area contributed by atoms with E-state index in [0.29, 0.717) is 24.8 Å². The number of hydrogen-bond donors (Lipinski definition) is 1. The average Bonchev–Trinajstić information content (AvgIpc) is 2.37. The molecule has 100 valence electrons. The van der Waals surface area contributed by atoms with Gasteiger partial charge in [0.25, 0.3) is 0 Å². The first kappa shape index (κ1) is 14.8. The number of carbonyl (C=O) groups is 1. The van der Waals surface area contributed by atoms with Crippen LogP contribution < -0.4 is 10.1 Å². The highest BCUT2D eigenvalue weighted by atomic mass is 35.5. The van der Waals surface area contributed by atoms with Gasteiger partial charge in [0.15, 0.2) is 0 Å². The maximum atomic E-state index is 11.7. The molecule has 1 aromatic rings. The van der Waals surface area contributed by atoms with Gasteiger partial charge in [0.05, 0.1) is 13.0 Å². The number of alkyl halides is 1. The lowest BCUT2D eigenvalue weighted by atomic mass is 10.1. The lowest BCUT2D eigenvalue weighted by Crippen LogP contribution is -2.40. The number of hydrogen-bond acceptors (Lipinski definition) is 2. The van der Waals surface area contributed by atoms with Crippen molar-refractivity contribution < 1.29 is 9.53 Å². The lowest BCUT2D eigenvalue weighted by Gasteiger charge is -2.19. The molecule has 3 nitrogen and oxygen atoms in total. The molecule has 0 aromatic heterocycles. The molecule has 0 radical (unpaired) electrons. The van der Waals surface area contributed by atoms with Gasteiger partial charge in [0.2, 0.25) is 5.91 Å². The second-order valence-corrected chi connectivity index (χ2v) is 4.79. The van der Waals surface area contributed by atoms with E-state index in [4.69, 9.17) is 16.3 Å². The summed E-state index contributed by atoms with van der Waals surface area (Å²) in [5.74, 6) is 1.53. The standard InChI is InChI=1S/C14H20ClNO2/c1-11(2)13(10-15)16-14(17)8-9-18-12-6-4-3-5-7-12/h3-7,11,13H,8-10H2,1-2H3,(H,16,17). The Morgan fingerprint density at radius 3 is 2.56 bits per heavy atom. The molecule has 4 heteroatoms. The summed E-state index contributed by atoms with van der Waals surface area (Å²) >= 11 is 5.79. The monoisotopic (exact) mass is 269 g/mol. The highest BCUT2D eigenvalue weighted by molar-refractivity contribution is 6.18. The number of benzene rings is 1. The van der Waals surface area contributed by atoms with Gasteiger partial charge in [0.1, 0.15) is 5.75 Å². The first-order chi connectivity index (χ1) is 8.63. The van der Waals surface area contributed by atoms with Crippen molar-refractivity contribution >= 4 is 17.5 Å². The van der Waals surface area contributed by atoms with E-state index in [0.717, 1.165) is 5.75 Å². The Hall–Kier alpha value is -1.22. The van der Waals surface area contributed by atoms with Crippen LogP contribution in [0.5, 0.6) is 5.75 Å². The molecule has 0 aliphatic rings. The van der Waals surface area contributed by atoms with Crippen molar-refractivity contribution in [2.24, 2.45) is 5.92 Å². The van der Waals surface area contributed by atoms with Crippen LogP contribution in [0.15, 0.2) is 30.3 Å². The Balaban J connectivity index is 2.25. The summed E-state index contributed by atoms with van der Waals surface area (Å²) in [7, 11) is 0. The fourth-order valence-electron chi connectivity index (χ4n) is 1.44. The number of carbonyl (C=O) groups excluding carboxylic acids is 1. The zero-order valence-corrected chi connectivity index (χ0v) is 11.6.